The van der Waals surface area contributed by atoms with Crippen LogP contribution in [0.2, 0.25) is 0 Å². The van der Waals surface area contributed by atoms with Gasteiger partial charge in [0.1, 0.15) is 6.42 Å². The molecule has 1 aromatic heterocycles. The third kappa shape index (κ3) is 2.49. The van der Waals surface area contributed by atoms with Gasteiger partial charge in [-0.3, -0.25) is 4.79 Å². The first kappa shape index (κ1) is 10.9. The first-order chi connectivity index (χ1) is 7.65. The van der Waals surface area contributed by atoms with Crippen LogP contribution in [0.1, 0.15) is 5.89 Å². The van der Waals surface area contributed by atoms with E-state index < -0.39 is 5.97 Å². The fourth-order valence-corrected chi connectivity index (χ4v) is 1.70. The summed E-state index contributed by atoms with van der Waals surface area (Å²) in [6.07, 6.45) is 1.33. The van der Waals surface area contributed by atoms with E-state index in [2.05, 4.69) is 20.9 Å². The zero-order valence-electron chi connectivity index (χ0n) is 8.18. The van der Waals surface area contributed by atoms with Crippen molar-refractivity contribution in [1.29, 1.82) is 0 Å². The van der Waals surface area contributed by atoms with Crippen LogP contribution in [0.4, 0.5) is 0 Å². The number of hydrogen-bond acceptors (Lipinski definition) is 3. The van der Waals surface area contributed by atoms with Crippen LogP contribution in [-0.2, 0) is 11.2 Å². The van der Waals surface area contributed by atoms with Gasteiger partial charge >= 0.3 is 5.97 Å². The Hall–Kier alpha value is -1.62. The molecule has 1 N–H and O–H groups in total. The van der Waals surface area contributed by atoms with Crippen LogP contribution < -0.4 is 0 Å². The second-order valence-corrected chi connectivity index (χ2v) is 4.11. The normalized spacial score (nSPS) is 10.3. The van der Waals surface area contributed by atoms with Crippen LogP contribution in [0, 0.1) is 0 Å². The number of oxazole rings is 1. The second-order valence-electron chi connectivity index (χ2n) is 3.20. The summed E-state index contributed by atoms with van der Waals surface area (Å²) in [5.41, 5.74) is 0.860. The molecule has 0 amide bonds. The minimum atomic E-state index is -0.956. The van der Waals surface area contributed by atoms with Gasteiger partial charge in [-0.1, -0.05) is 28.1 Å². The molecule has 2 rings (SSSR count). The zero-order valence-corrected chi connectivity index (χ0v) is 9.77. The number of aliphatic carboxylic acids is 1. The Labute approximate surface area is 100 Å². The highest BCUT2D eigenvalue weighted by Gasteiger charge is 2.09. The Balaban J connectivity index is 2.28. The van der Waals surface area contributed by atoms with E-state index in [0.29, 0.717) is 5.76 Å². The van der Waals surface area contributed by atoms with E-state index in [1.165, 1.54) is 6.20 Å². The van der Waals surface area contributed by atoms with Gasteiger partial charge in [-0.2, -0.15) is 0 Å². The maximum Gasteiger partial charge on any atom is 0.312 e. The van der Waals surface area contributed by atoms with Crippen molar-refractivity contribution in [3.63, 3.8) is 0 Å². The monoisotopic (exact) mass is 281 g/mol. The number of halogens is 1. The molecule has 4 nitrogen and oxygen atoms in total. The Kier molecular flexibility index (Phi) is 3.05. The lowest BCUT2D eigenvalue weighted by molar-refractivity contribution is -0.136. The van der Waals surface area contributed by atoms with Crippen LogP contribution in [0.5, 0.6) is 0 Å². The third-order valence-electron chi connectivity index (χ3n) is 1.97. The maximum absolute atomic E-state index is 10.5. The molecule has 82 valence electrons. The average molecular weight is 282 g/mol. The van der Waals surface area contributed by atoms with E-state index in [9.17, 15) is 4.79 Å². The lowest BCUT2D eigenvalue weighted by Crippen LogP contribution is -1.99. The Bertz CT molecular complexity index is 521. The Morgan fingerprint density at radius 2 is 2.31 bits per heavy atom. The predicted octanol–water partition coefficient (Wildman–Crippen LogP) is 2.73. The minimum Gasteiger partial charge on any atom is -0.481 e. The molecule has 0 fully saturated rings. The second kappa shape index (κ2) is 4.49. The summed E-state index contributed by atoms with van der Waals surface area (Å²) in [5.74, 6) is -0.178. The van der Waals surface area contributed by atoms with Crippen molar-refractivity contribution < 1.29 is 14.3 Å². The molecule has 0 aliphatic carbocycles. The molecule has 2 aromatic rings. The van der Waals surface area contributed by atoms with E-state index in [4.69, 9.17) is 9.52 Å². The highest BCUT2D eigenvalue weighted by molar-refractivity contribution is 9.10. The van der Waals surface area contributed by atoms with E-state index >= 15 is 0 Å². The predicted molar refractivity (Wildman–Crippen MR) is 61.0 cm³/mol. The number of aromatic nitrogens is 1. The largest absolute Gasteiger partial charge is 0.481 e. The molecule has 0 bridgehead atoms. The molecule has 0 aliphatic heterocycles. The van der Waals surface area contributed by atoms with Crippen LogP contribution in [0.15, 0.2) is 39.4 Å². The average Bonchev–Trinajstić information content (AvgIpc) is 2.65. The maximum atomic E-state index is 10.5. The third-order valence-corrected chi connectivity index (χ3v) is 2.46. The summed E-state index contributed by atoms with van der Waals surface area (Å²) >= 11 is 3.35. The molecular formula is C11H8BrNO3. The molecule has 0 spiro atoms. The minimum absolute atomic E-state index is 0.200. The van der Waals surface area contributed by atoms with Crippen LogP contribution in [-0.4, -0.2) is 16.1 Å². The molecule has 0 unspecified atom stereocenters. The van der Waals surface area contributed by atoms with Crippen molar-refractivity contribution in [3.05, 3.63) is 40.8 Å². The molecule has 1 heterocycles. The highest BCUT2D eigenvalue weighted by atomic mass is 79.9. The van der Waals surface area contributed by atoms with Crippen molar-refractivity contribution in [2.24, 2.45) is 0 Å². The smallest absolute Gasteiger partial charge is 0.312 e. The van der Waals surface area contributed by atoms with Crippen LogP contribution in [0.3, 0.4) is 0 Å². The van der Waals surface area contributed by atoms with Crippen molar-refractivity contribution >= 4 is 21.9 Å². The van der Waals surface area contributed by atoms with Gasteiger partial charge in [0, 0.05) is 10.0 Å². The first-order valence-corrected chi connectivity index (χ1v) is 5.37. The van der Waals surface area contributed by atoms with Gasteiger partial charge in [0.2, 0.25) is 5.89 Å². The van der Waals surface area contributed by atoms with Crippen LogP contribution >= 0.6 is 15.9 Å². The summed E-state index contributed by atoms with van der Waals surface area (Å²) in [7, 11) is 0. The number of carboxylic acids is 1. The summed E-state index contributed by atoms with van der Waals surface area (Å²) in [5, 5.41) is 8.58. The Morgan fingerprint density at radius 1 is 1.50 bits per heavy atom. The number of hydrogen-bond donors (Lipinski definition) is 1. The van der Waals surface area contributed by atoms with Gasteiger partial charge in [0.25, 0.3) is 0 Å². The number of nitrogens with zero attached hydrogens (tertiary/aromatic N) is 1. The van der Waals surface area contributed by atoms with Gasteiger partial charge in [-0.05, 0) is 12.1 Å². The van der Waals surface area contributed by atoms with Gasteiger partial charge in [0.05, 0.1) is 6.20 Å². The van der Waals surface area contributed by atoms with Crippen molar-refractivity contribution in [1.82, 2.24) is 4.98 Å². The lowest BCUT2D eigenvalue weighted by Gasteiger charge is -1.96. The van der Waals surface area contributed by atoms with E-state index in [0.717, 1.165) is 10.0 Å². The molecule has 0 saturated carbocycles. The SMILES string of the molecule is O=C(O)Cc1ncc(-c2cccc(Br)c2)o1. The fraction of sp³-hybridized carbons (Fsp3) is 0.0909. The summed E-state index contributed by atoms with van der Waals surface area (Å²) in [6.45, 7) is 0. The van der Waals surface area contributed by atoms with Gasteiger partial charge in [-0.15, -0.1) is 0 Å². The lowest BCUT2D eigenvalue weighted by atomic mass is 10.2. The van der Waals surface area contributed by atoms with Crippen molar-refractivity contribution in [3.8, 4) is 11.3 Å². The fourth-order valence-electron chi connectivity index (χ4n) is 1.30. The van der Waals surface area contributed by atoms with Crippen molar-refractivity contribution in [2.75, 3.05) is 0 Å². The van der Waals surface area contributed by atoms with Gasteiger partial charge in [0.15, 0.2) is 5.76 Å². The van der Waals surface area contributed by atoms with E-state index in [1.54, 1.807) is 0 Å². The van der Waals surface area contributed by atoms with Gasteiger partial charge in [-0.25, -0.2) is 4.98 Å². The summed E-state index contributed by atoms with van der Waals surface area (Å²) in [4.78, 5) is 14.4. The first-order valence-electron chi connectivity index (χ1n) is 4.57. The molecular weight excluding hydrogens is 274 g/mol. The number of rotatable bonds is 3. The molecule has 5 heteroatoms. The quantitative estimate of drug-likeness (QED) is 0.940. The molecule has 0 saturated heterocycles. The van der Waals surface area contributed by atoms with Gasteiger partial charge < -0.3 is 9.52 Å². The zero-order chi connectivity index (χ0) is 11.5. The number of benzene rings is 1. The molecule has 16 heavy (non-hydrogen) atoms. The van der Waals surface area contributed by atoms with Crippen LogP contribution in [0.25, 0.3) is 11.3 Å². The molecule has 0 radical (unpaired) electrons. The summed E-state index contributed by atoms with van der Waals surface area (Å²) in [6, 6.07) is 7.53. The number of carboxylic acid groups (broad SMARTS) is 1. The molecule has 1 aromatic carbocycles. The van der Waals surface area contributed by atoms with Crippen molar-refractivity contribution in [2.45, 2.75) is 6.42 Å². The molecule has 0 atom stereocenters. The van der Waals surface area contributed by atoms with E-state index in [1.807, 2.05) is 24.3 Å². The number of carbonyl (C=O) groups is 1. The molecule has 0 aliphatic rings. The topological polar surface area (TPSA) is 63.3 Å². The highest BCUT2D eigenvalue weighted by Crippen LogP contribution is 2.23. The standard InChI is InChI=1S/C11H8BrNO3/c12-8-3-1-2-7(4-8)9-6-13-10(16-9)5-11(14)15/h1-4,6H,5H2,(H,14,15). The Morgan fingerprint density at radius 3 is 3.00 bits per heavy atom. The van der Waals surface area contributed by atoms with E-state index in [-0.39, 0.29) is 12.3 Å². The summed E-state index contributed by atoms with van der Waals surface area (Å²) < 4.78 is 6.25.